The SMILES string of the molecule is COc1ccccc1-c1nc2c3c(C)c(C)n(-c4nccs4)c3ncn2n1. The van der Waals surface area contributed by atoms with Crippen molar-refractivity contribution >= 4 is 28.0 Å². The molecule has 0 spiro atoms. The van der Waals surface area contributed by atoms with Gasteiger partial charge in [0.2, 0.25) is 0 Å². The molecule has 0 aliphatic rings. The molecule has 0 unspecified atom stereocenters. The van der Waals surface area contributed by atoms with Crippen LogP contribution in [0.15, 0.2) is 42.2 Å². The summed E-state index contributed by atoms with van der Waals surface area (Å²) in [7, 11) is 1.65. The molecule has 0 amide bonds. The van der Waals surface area contributed by atoms with E-state index in [1.54, 1.807) is 35.5 Å². The highest BCUT2D eigenvalue weighted by Gasteiger charge is 2.20. The molecule has 0 aliphatic heterocycles. The van der Waals surface area contributed by atoms with E-state index in [1.165, 1.54) is 0 Å². The average molecular weight is 376 g/mol. The Bertz CT molecular complexity index is 1290. The van der Waals surface area contributed by atoms with Crippen LogP contribution in [0.25, 0.3) is 33.2 Å². The summed E-state index contributed by atoms with van der Waals surface area (Å²) in [5, 5.41) is 8.47. The van der Waals surface area contributed by atoms with Gasteiger partial charge in [0.25, 0.3) is 0 Å². The number of hydrogen-bond donors (Lipinski definition) is 0. The van der Waals surface area contributed by atoms with E-state index in [1.807, 2.05) is 29.6 Å². The number of methoxy groups -OCH3 is 1. The van der Waals surface area contributed by atoms with E-state index in [9.17, 15) is 0 Å². The van der Waals surface area contributed by atoms with Crippen LogP contribution in [0.1, 0.15) is 11.3 Å². The predicted molar refractivity (Wildman–Crippen MR) is 105 cm³/mol. The highest BCUT2D eigenvalue weighted by Crippen LogP contribution is 2.32. The van der Waals surface area contributed by atoms with Gasteiger partial charge in [-0.3, -0.25) is 4.57 Å². The number of ether oxygens (including phenoxy) is 1. The van der Waals surface area contributed by atoms with Crippen molar-refractivity contribution in [1.82, 2.24) is 29.1 Å². The normalized spacial score (nSPS) is 11.5. The Balaban J connectivity index is 1.82. The lowest BCUT2D eigenvalue weighted by molar-refractivity contribution is 0.416. The third-order valence-electron chi connectivity index (χ3n) is 4.79. The Kier molecular flexibility index (Phi) is 3.48. The molecule has 8 heteroatoms. The number of aromatic nitrogens is 6. The van der Waals surface area contributed by atoms with Crippen LogP contribution in [0.3, 0.4) is 0 Å². The molecule has 0 aliphatic carbocycles. The first kappa shape index (κ1) is 16.0. The molecule has 27 heavy (non-hydrogen) atoms. The molecule has 0 bridgehead atoms. The molecule has 4 aromatic heterocycles. The number of hydrogen-bond acceptors (Lipinski definition) is 6. The summed E-state index contributed by atoms with van der Waals surface area (Å²) < 4.78 is 9.26. The fraction of sp³-hybridized carbons (Fsp3) is 0.158. The first-order valence-corrected chi connectivity index (χ1v) is 9.33. The minimum atomic E-state index is 0.612. The predicted octanol–water partition coefficient (Wildman–Crippen LogP) is 3.82. The van der Waals surface area contributed by atoms with Crippen LogP contribution in [-0.2, 0) is 0 Å². The second-order valence-corrected chi connectivity index (χ2v) is 7.08. The van der Waals surface area contributed by atoms with Gasteiger partial charge in [-0.2, -0.15) is 0 Å². The van der Waals surface area contributed by atoms with Gasteiger partial charge in [-0.1, -0.05) is 12.1 Å². The molecule has 0 N–H and O–H groups in total. The van der Waals surface area contributed by atoms with E-state index in [4.69, 9.17) is 9.72 Å². The molecule has 7 nitrogen and oxygen atoms in total. The van der Waals surface area contributed by atoms with Crippen LogP contribution in [0.2, 0.25) is 0 Å². The minimum absolute atomic E-state index is 0.612. The maximum absolute atomic E-state index is 5.46. The lowest BCUT2D eigenvalue weighted by atomic mass is 10.2. The fourth-order valence-corrected chi connectivity index (χ4v) is 4.06. The largest absolute Gasteiger partial charge is 0.496 e. The molecular weight excluding hydrogens is 360 g/mol. The average Bonchev–Trinajstić information content (AvgIpc) is 3.41. The van der Waals surface area contributed by atoms with E-state index >= 15 is 0 Å². The molecule has 5 rings (SSSR count). The molecule has 0 saturated heterocycles. The van der Waals surface area contributed by atoms with Crippen molar-refractivity contribution in [2.24, 2.45) is 0 Å². The number of para-hydroxylation sites is 1. The molecule has 0 atom stereocenters. The van der Waals surface area contributed by atoms with E-state index in [2.05, 4.69) is 33.5 Å². The molecular formula is C19H16N6OS. The quantitative estimate of drug-likeness (QED) is 0.479. The van der Waals surface area contributed by atoms with Crippen LogP contribution in [0, 0.1) is 13.8 Å². The van der Waals surface area contributed by atoms with Gasteiger partial charge in [-0.25, -0.2) is 19.5 Å². The Hall–Kier alpha value is -3.26. The highest BCUT2D eigenvalue weighted by molar-refractivity contribution is 7.12. The van der Waals surface area contributed by atoms with E-state index in [-0.39, 0.29) is 0 Å². The molecule has 134 valence electrons. The smallest absolute Gasteiger partial charge is 0.195 e. The van der Waals surface area contributed by atoms with Crippen LogP contribution in [-0.4, -0.2) is 36.2 Å². The summed E-state index contributed by atoms with van der Waals surface area (Å²) in [6.45, 7) is 4.16. The third kappa shape index (κ3) is 2.26. The third-order valence-corrected chi connectivity index (χ3v) is 5.55. The van der Waals surface area contributed by atoms with Crippen LogP contribution in [0.5, 0.6) is 5.75 Å². The Morgan fingerprint density at radius 1 is 1.07 bits per heavy atom. The lowest BCUT2D eigenvalue weighted by Crippen LogP contribution is -1.98. The number of rotatable bonds is 3. The zero-order valence-electron chi connectivity index (χ0n) is 15.0. The highest BCUT2D eigenvalue weighted by atomic mass is 32.1. The number of benzene rings is 1. The summed E-state index contributed by atoms with van der Waals surface area (Å²) in [4.78, 5) is 13.9. The monoisotopic (exact) mass is 376 g/mol. The van der Waals surface area contributed by atoms with Crippen molar-refractivity contribution < 1.29 is 4.74 Å². The second kappa shape index (κ2) is 5.88. The standard InChI is InChI=1S/C19H16N6OS/c1-11-12(2)25(19-20-8-9-27-19)17-15(11)18-22-16(23-24(18)10-21-17)13-6-4-5-7-14(13)26-3/h4-10H,1-3H3. The fourth-order valence-electron chi connectivity index (χ4n) is 3.36. The van der Waals surface area contributed by atoms with Crippen LogP contribution in [0.4, 0.5) is 0 Å². The Morgan fingerprint density at radius 3 is 2.70 bits per heavy atom. The van der Waals surface area contributed by atoms with E-state index < -0.39 is 0 Å². The van der Waals surface area contributed by atoms with Crippen LogP contribution >= 0.6 is 11.3 Å². The van der Waals surface area contributed by atoms with Gasteiger partial charge < -0.3 is 4.74 Å². The summed E-state index contributed by atoms with van der Waals surface area (Å²) in [6.07, 6.45) is 3.50. The molecule has 5 aromatic rings. The topological polar surface area (TPSA) is 70.1 Å². The summed E-state index contributed by atoms with van der Waals surface area (Å²) in [6, 6.07) is 7.74. The minimum Gasteiger partial charge on any atom is -0.496 e. The van der Waals surface area contributed by atoms with E-state index in [0.29, 0.717) is 5.82 Å². The van der Waals surface area contributed by atoms with Gasteiger partial charge in [0.05, 0.1) is 18.1 Å². The summed E-state index contributed by atoms with van der Waals surface area (Å²) >= 11 is 1.58. The van der Waals surface area contributed by atoms with Gasteiger partial charge in [0, 0.05) is 17.3 Å². The van der Waals surface area contributed by atoms with Gasteiger partial charge in [-0.05, 0) is 31.5 Å². The first-order chi connectivity index (χ1) is 13.2. The summed E-state index contributed by atoms with van der Waals surface area (Å²) in [5.41, 5.74) is 4.69. The van der Waals surface area contributed by atoms with Crippen molar-refractivity contribution in [2.45, 2.75) is 13.8 Å². The van der Waals surface area contributed by atoms with Crippen molar-refractivity contribution in [2.75, 3.05) is 7.11 Å². The summed E-state index contributed by atoms with van der Waals surface area (Å²) in [5.74, 6) is 1.35. The number of aryl methyl sites for hydroxylation is 1. The number of thiazole rings is 1. The molecule has 4 heterocycles. The first-order valence-electron chi connectivity index (χ1n) is 8.45. The van der Waals surface area contributed by atoms with E-state index in [0.717, 1.165) is 44.4 Å². The maximum atomic E-state index is 5.46. The van der Waals surface area contributed by atoms with Gasteiger partial charge in [0.1, 0.15) is 12.1 Å². The van der Waals surface area contributed by atoms with Crippen molar-refractivity contribution in [3.8, 4) is 22.3 Å². The second-order valence-electron chi connectivity index (χ2n) is 6.21. The molecule has 0 radical (unpaired) electrons. The van der Waals surface area contributed by atoms with Crippen molar-refractivity contribution in [1.29, 1.82) is 0 Å². The molecule has 0 saturated carbocycles. The number of nitrogens with zero attached hydrogens (tertiary/aromatic N) is 6. The van der Waals surface area contributed by atoms with Crippen molar-refractivity contribution in [3.05, 3.63) is 53.4 Å². The van der Waals surface area contributed by atoms with Crippen molar-refractivity contribution in [3.63, 3.8) is 0 Å². The number of fused-ring (bicyclic) bond motifs is 3. The van der Waals surface area contributed by atoms with Gasteiger partial charge in [0.15, 0.2) is 22.3 Å². The van der Waals surface area contributed by atoms with Crippen LogP contribution < -0.4 is 4.74 Å². The maximum Gasteiger partial charge on any atom is 0.195 e. The zero-order chi connectivity index (χ0) is 18.5. The lowest BCUT2D eigenvalue weighted by Gasteiger charge is -2.03. The Labute approximate surface area is 158 Å². The molecule has 0 fully saturated rings. The van der Waals surface area contributed by atoms with Gasteiger partial charge in [-0.15, -0.1) is 16.4 Å². The Morgan fingerprint density at radius 2 is 1.93 bits per heavy atom. The zero-order valence-corrected chi connectivity index (χ0v) is 15.9. The van der Waals surface area contributed by atoms with Gasteiger partial charge >= 0.3 is 0 Å². The molecule has 1 aromatic carbocycles.